The maximum atomic E-state index is 14.8. The molecule has 11 rings (SSSR count). The van der Waals surface area contributed by atoms with Gasteiger partial charge in [-0.1, -0.05) is 36.4 Å². The number of nitrogens with one attached hydrogen (secondary N) is 2. The average molecular weight is 836 g/mol. The first-order chi connectivity index (χ1) is 29.0. The summed E-state index contributed by atoms with van der Waals surface area (Å²) >= 11 is 1.44. The number of hydrogen-bond acceptors (Lipinski definition) is 15. The lowest BCUT2D eigenvalue weighted by Gasteiger charge is -2.59. The van der Waals surface area contributed by atoms with Gasteiger partial charge < -0.3 is 49.1 Å². The van der Waals surface area contributed by atoms with Crippen molar-refractivity contribution >= 4 is 29.8 Å². The molecular weight excluding hydrogens is 791 g/mol. The molecule has 5 N–H and O–H groups in total. The van der Waals surface area contributed by atoms with E-state index in [1.807, 2.05) is 55.1 Å². The van der Waals surface area contributed by atoms with Gasteiger partial charge in [-0.15, -0.1) is 11.8 Å². The van der Waals surface area contributed by atoms with Gasteiger partial charge in [0.25, 0.3) is 0 Å². The van der Waals surface area contributed by atoms with Crippen molar-refractivity contribution < 1.29 is 53.3 Å². The van der Waals surface area contributed by atoms with E-state index in [1.165, 1.54) is 32.1 Å². The molecule has 7 atom stereocenters. The van der Waals surface area contributed by atoms with E-state index in [1.54, 1.807) is 18.2 Å². The van der Waals surface area contributed by atoms with Crippen LogP contribution in [-0.2, 0) is 32.7 Å². The van der Waals surface area contributed by atoms with Crippen molar-refractivity contribution in [2.75, 3.05) is 39.9 Å². The number of ether oxygens (including phenoxy) is 6. The van der Waals surface area contributed by atoms with Crippen molar-refractivity contribution in [1.29, 1.82) is 0 Å². The fourth-order valence-corrected chi connectivity index (χ4v) is 12.0. The molecule has 0 aliphatic carbocycles. The van der Waals surface area contributed by atoms with Crippen molar-refractivity contribution in [2.45, 2.75) is 67.9 Å². The minimum absolute atomic E-state index is 0.00947. The van der Waals surface area contributed by atoms with Gasteiger partial charge in [0.05, 0.1) is 37.6 Å². The molecule has 0 saturated carbocycles. The number of carbonyl (C=O) groups excluding carboxylic acids is 2. The van der Waals surface area contributed by atoms with E-state index >= 15 is 0 Å². The fraction of sp³-hybridized carbons (Fsp3) is 0.378. The number of nitrogens with zero attached hydrogens (tertiary/aromatic N) is 1. The van der Waals surface area contributed by atoms with Gasteiger partial charge in [-0.2, -0.15) is 0 Å². The Kier molecular flexibility index (Phi) is 9.44. The van der Waals surface area contributed by atoms with Crippen LogP contribution in [0.15, 0.2) is 54.6 Å². The zero-order valence-corrected chi connectivity index (χ0v) is 34.3. The molecule has 60 heavy (non-hydrogen) atoms. The zero-order valence-electron chi connectivity index (χ0n) is 33.4. The number of benzene rings is 4. The highest BCUT2D eigenvalue weighted by atomic mass is 32.2. The average Bonchev–Trinajstić information content (AvgIpc) is 3.74. The number of piperazine rings is 1. The van der Waals surface area contributed by atoms with Crippen LogP contribution in [0.5, 0.6) is 40.2 Å². The Hall–Kier alpha value is -5.45. The van der Waals surface area contributed by atoms with Crippen molar-refractivity contribution in [3.63, 3.8) is 0 Å². The van der Waals surface area contributed by atoms with Crippen LogP contribution in [0.1, 0.15) is 67.4 Å². The summed E-state index contributed by atoms with van der Waals surface area (Å²) in [4.78, 5) is 30.7. The highest BCUT2D eigenvalue weighted by Gasteiger charge is 2.60. The van der Waals surface area contributed by atoms with Crippen LogP contribution in [0.4, 0.5) is 0 Å². The standard InChI is InChI=1S/C45H45N3O11S/c1-21-14-25-15-27-43(52)48-28-18-56-44(53)45(26-17-30(54-3)29(49)16-24(26)12-13-46-45)19-60-42(36(48)35(47-27)32(25)37(51)38(21)55-4)34-33(28)41-40(57-20-58-41)22(2)39(34)59-31(50)11-10-23-8-6-5-7-9-23/h5-11,14,16-17,27-28,35-36,42-43,46-47,49,51-52H,12-13,15,18-20H2,1-4H3/b11-10+/t27-,28-,35?,36?,42+,43-,45+/m0/s1. The number of aryl methyl sites for hydroxylation is 1. The lowest BCUT2D eigenvalue weighted by Crippen LogP contribution is -2.69. The molecule has 2 fully saturated rings. The van der Waals surface area contributed by atoms with Crippen molar-refractivity contribution in [2.24, 2.45) is 0 Å². The number of esters is 2. The molecule has 4 bridgehead atoms. The molecule has 312 valence electrons. The number of carbonyl (C=O) groups is 2. The molecule has 15 heteroatoms. The van der Waals surface area contributed by atoms with Gasteiger partial charge in [0.2, 0.25) is 6.79 Å². The minimum atomic E-state index is -1.39. The number of rotatable bonds is 5. The Labute approximate surface area is 350 Å². The number of aliphatic hydroxyl groups excluding tert-OH is 1. The molecule has 4 aromatic rings. The van der Waals surface area contributed by atoms with Crippen molar-refractivity contribution in [1.82, 2.24) is 15.5 Å². The summed E-state index contributed by atoms with van der Waals surface area (Å²) in [6.07, 6.45) is 2.94. The first-order valence-corrected chi connectivity index (χ1v) is 21.1. The van der Waals surface area contributed by atoms with Gasteiger partial charge in [-0.25, -0.2) is 9.59 Å². The smallest absolute Gasteiger partial charge is 0.336 e. The quantitative estimate of drug-likeness (QED) is 0.106. The SMILES string of the molecule is COc1cc2c(cc1O)CCN[C@]21CS[C@@H]2c3c(OC(=O)/C=C/c4ccccc4)c(C)c4c(c3[C@H](COC1=O)N1C2C2N[C@@H](Cc3cc(C)c(OC)c(O)c32)[C@@H]1O)OCO4. The van der Waals surface area contributed by atoms with Gasteiger partial charge in [-0.05, 0) is 72.7 Å². The van der Waals surface area contributed by atoms with E-state index in [0.29, 0.717) is 64.5 Å². The summed E-state index contributed by atoms with van der Waals surface area (Å²) in [5.74, 6) is 0.640. The third-order valence-electron chi connectivity index (χ3n) is 12.9. The number of methoxy groups -OCH3 is 2. The molecule has 2 saturated heterocycles. The molecule has 4 aromatic carbocycles. The van der Waals surface area contributed by atoms with Gasteiger partial charge in [0.15, 0.2) is 40.0 Å². The second-order valence-corrected chi connectivity index (χ2v) is 17.2. The molecule has 1 spiro atoms. The van der Waals surface area contributed by atoms with E-state index in [0.717, 1.165) is 22.3 Å². The number of aliphatic hydroxyl groups is 1. The molecule has 14 nitrogen and oxygen atoms in total. The van der Waals surface area contributed by atoms with Gasteiger partial charge in [-0.3, -0.25) is 10.2 Å². The van der Waals surface area contributed by atoms with E-state index in [2.05, 4.69) is 10.6 Å². The summed E-state index contributed by atoms with van der Waals surface area (Å²) in [5.41, 5.74) is 4.91. The van der Waals surface area contributed by atoms with Crippen LogP contribution in [0.25, 0.3) is 6.08 Å². The summed E-state index contributed by atoms with van der Waals surface area (Å²) in [6.45, 7) is 3.82. The van der Waals surface area contributed by atoms with Crippen LogP contribution in [0, 0.1) is 13.8 Å². The normalized spacial score (nSPS) is 27.4. The number of hydrogen-bond donors (Lipinski definition) is 5. The lowest BCUT2D eigenvalue weighted by atomic mass is 9.74. The molecule has 7 aliphatic heterocycles. The van der Waals surface area contributed by atoms with Gasteiger partial charge in [0.1, 0.15) is 18.6 Å². The summed E-state index contributed by atoms with van der Waals surface area (Å²) in [6, 6.07) is 12.3. The molecular formula is C45H45N3O11S. The van der Waals surface area contributed by atoms with Gasteiger partial charge in [0, 0.05) is 46.7 Å². The van der Waals surface area contributed by atoms with Crippen molar-refractivity contribution in [3.8, 4) is 40.2 Å². The summed E-state index contributed by atoms with van der Waals surface area (Å²) < 4.78 is 36.5. The van der Waals surface area contributed by atoms with Crippen LogP contribution in [0.3, 0.4) is 0 Å². The van der Waals surface area contributed by atoms with E-state index in [9.17, 15) is 24.9 Å². The van der Waals surface area contributed by atoms with Crippen LogP contribution >= 0.6 is 11.8 Å². The molecule has 7 aliphatic rings. The Bertz CT molecular complexity index is 2480. The highest BCUT2D eigenvalue weighted by Crippen LogP contribution is 2.63. The third-order valence-corrected chi connectivity index (χ3v) is 14.4. The maximum Gasteiger partial charge on any atom is 0.336 e. The highest BCUT2D eigenvalue weighted by molar-refractivity contribution is 7.99. The number of fused-ring (bicyclic) bond motifs is 9. The van der Waals surface area contributed by atoms with Crippen LogP contribution < -0.4 is 34.3 Å². The Morgan fingerprint density at radius 2 is 1.78 bits per heavy atom. The molecule has 2 unspecified atom stereocenters. The van der Waals surface area contributed by atoms with E-state index in [4.69, 9.17) is 28.4 Å². The minimum Gasteiger partial charge on any atom is -0.504 e. The maximum absolute atomic E-state index is 14.8. The second-order valence-electron chi connectivity index (χ2n) is 16.1. The van der Waals surface area contributed by atoms with E-state index in [-0.39, 0.29) is 42.2 Å². The first kappa shape index (κ1) is 38.7. The summed E-state index contributed by atoms with van der Waals surface area (Å²) in [7, 11) is 2.99. The number of phenolic OH excluding ortho intramolecular Hbond substituents is 2. The Morgan fingerprint density at radius 3 is 2.57 bits per heavy atom. The summed E-state index contributed by atoms with van der Waals surface area (Å²) in [5, 5.41) is 41.9. The molecule has 0 aromatic heterocycles. The third kappa shape index (κ3) is 5.77. The number of phenols is 2. The predicted octanol–water partition coefficient (Wildman–Crippen LogP) is 4.76. The van der Waals surface area contributed by atoms with E-state index < -0.39 is 53.1 Å². The Balaban J connectivity index is 1.20. The second kappa shape index (κ2) is 14.6. The van der Waals surface area contributed by atoms with Crippen LogP contribution in [0.2, 0.25) is 0 Å². The topological polar surface area (TPSA) is 178 Å². The largest absolute Gasteiger partial charge is 0.504 e. The predicted molar refractivity (Wildman–Crippen MR) is 220 cm³/mol. The van der Waals surface area contributed by atoms with Gasteiger partial charge >= 0.3 is 11.9 Å². The number of aromatic hydroxyl groups is 2. The molecule has 0 radical (unpaired) electrons. The lowest BCUT2D eigenvalue weighted by molar-refractivity contribution is -0.164. The number of thioether (sulfide) groups is 1. The Morgan fingerprint density at radius 1 is 0.983 bits per heavy atom. The zero-order chi connectivity index (χ0) is 41.6. The first-order valence-electron chi connectivity index (χ1n) is 20.0. The molecule has 7 heterocycles. The fourth-order valence-electron chi connectivity index (χ4n) is 10.3. The monoisotopic (exact) mass is 835 g/mol. The van der Waals surface area contributed by atoms with Crippen LogP contribution in [-0.4, -0.2) is 90.4 Å². The molecule has 0 amide bonds. The van der Waals surface area contributed by atoms with Crippen molar-refractivity contribution in [3.05, 3.63) is 105 Å².